The van der Waals surface area contributed by atoms with Crippen LogP contribution in [0, 0.1) is 5.92 Å². The van der Waals surface area contributed by atoms with E-state index in [1.54, 1.807) is 6.07 Å². The summed E-state index contributed by atoms with van der Waals surface area (Å²) in [5, 5.41) is 9.31. The number of carboxylic acids is 1. The van der Waals surface area contributed by atoms with Crippen LogP contribution in [0.4, 0.5) is 0 Å². The smallest absolute Gasteiger partial charge is 0.339 e. The van der Waals surface area contributed by atoms with Crippen molar-refractivity contribution in [1.29, 1.82) is 0 Å². The van der Waals surface area contributed by atoms with Gasteiger partial charge in [0, 0.05) is 6.07 Å². The number of hydrogen-bond donors (Lipinski definition) is 1. The van der Waals surface area contributed by atoms with Crippen LogP contribution in [0.25, 0.3) is 0 Å². The third kappa shape index (κ3) is 4.99. The molecular weight excluding hydrogens is 360 g/mol. The molecule has 2 aromatic rings. The Morgan fingerprint density at radius 1 is 1.13 bits per heavy atom. The van der Waals surface area contributed by atoms with Crippen molar-refractivity contribution in [2.24, 2.45) is 5.92 Å². The van der Waals surface area contributed by atoms with Crippen LogP contribution in [0.3, 0.4) is 0 Å². The quantitative estimate of drug-likeness (QED) is 0.754. The molecule has 2 aromatic carbocycles. The van der Waals surface area contributed by atoms with E-state index in [9.17, 15) is 9.90 Å². The van der Waals surface area contributed by atoms with Crippen LogP contribution < -0.4 is 9.47 Å². The molecule has 0 aliphatic heterocycles. The van der Waals surface area contributed by atoms with Crippen LogP contribution in [0.15, 0.2) is 46.9 Å². The molecule has 0 saturated heterocycles. The monoisotopic (exact) mass is 378 g/mol. The van der Waals surface area contributed by atoms with Gasteiger partial charge in [0.15, 0.2) is 0 Å². The molecule has 0 amide bonds. The molecular formula is C18H19BrO4. The molecule has 1 N–H and O–H groups in total. The Morgan fingerprint density at radius 2 is 1.83 bits per heavy atom. The van der Waals surface area contributed by atoms with E-state index in [0.29, 0.717) is 35.1 Å². The predicted octanol–water partition coefficient (Wildman–Crippen LogP) is 4.76. The summed E-state index contributed by atoms with van der Waals surface area (Å²) in [6.07, 6.45) is 0. The summed E-state index contributed by atoms with van der Waals surface area (Å²) in [6.45, 7) is 4.85. The molecule has 0 aromatic heterocycles. The second-order valence-electron chi connectivity index (χ2n) is 5.56. The Hall–Kier alpha value is -2.01. The molecule has 0 fully saturated rings. The SMILES string of the molecule is CC(C)COc1cc(OCc2ccccc2)c(Br)cc1C(=O)O. The zero-order valence-electron chi connectivity index (χ0n) is 13.1. The van der Waals surface area contributed by atoms with Crippen molar-refractivity contribution in [3.63, 3.8) is 0 Å². The summed E-state index contributed by atoms with van der Waals surface area (Å²) in [7, 11) is 0. The lowest BCUT2D eigenvalue weighted by Gasteiger charge is -2.15. The number of carboxylic acid groups (broad SMARTS) is 1. The average molecular weight is 379 g/mol. The highest BCUT2D eigenvalue weighted by molar-refractivity contribution is 9.10. The van der Waals surface area contributed by atoms with E-state index < -0.39 is 5.97 Å². The normalized spacial score (nSPS) is 10.6. The van der Waals surface area contributed by atoms with E-state index in [-0.39, 0.29) is 5.56 Å². The van der Waals surface area contributed by atoms with Gasteiger partial charge in [-0.05, 0) is 33.5 Å². The van der Waals surface area contributed by atoms with Gasteiger partial charge in [-0.2, -0.15) is 0 Å². The maximum atomic E-state index is 11.4. The Balaban J connectivity index is 2.21. The molecule has 0 heterocycles. The number of aromatic carboxylic acids is 1. The van der Waals surface area contributed by atoms with E-state index >= 15 is 0 Å². The maximum absolute atomic E-state index is 11.4. The van der Waals surface area contributed by atoms with Gasteiger partial charge in [-0.15, -0.1) is 0 Å². The maximum Gasteiger partial charge on any atom is 0.339 e. The summed E-state index contributed by atoms with van der Waals surface area (Å²) >= 11 is 3.36. The summed E-state index contributed by atoms with van der Waals surface area (Å²) in [5.74, 6) is 0.142. The Morgan fingerprint density at radius 3 is 2.43 bits per heavy atom. The number of rotatable bonds is 7. The second kappa shape index (κ2) is 8.02. The van der Waals surface area contributed by atoms with Gasteiger partial charge in [0.2, 0.25) is 0 Å². The van der Waals surface area contributed by atoms with Crippen molar-refractivity contribution >= 4 is 21.9 Å². The van der Waals surface area contributed by atoms with Gasteiger partial charge in [0.05, 0.1) is 11.1 Å². The van der Waals surface area contributed by atoms with Crippen molar-refractivity contribution in [3.8, 4) is 11.5 Å². The van der Waals surface area contributed by atoms with Gasteiger partial charge in [0.25, 0.3) is 0 Å². The predicted molar refractivity (Wildman–Crippen MR) is 92.2 cm³/mol. The minimum atomic E-state index is -1.03. The molecule has 0 unspecified atom stereocenters. The van der Waals surface area contributed by atoms with Crippen molar-refractivity contribution in [1.82, 2.24) is 0 Å². The standard InChI is InChI=1S/C18H19BrO4/c1-12(2)10-22-16-9-17(15(19)8-14(16)18(20)21)23-11-13-6-4-3-5-7-13/h3-9,12H,10-11H2,1-2H3,(H,20,21). The highest BCUT2D eigenvalue weighted by Crippen LogP contribution is 2.34. The van der Waals surface area contributed by atoms with E-state index in [0.717, 1.165) is 5.56 Å². The van der Waals surface area contributed by atoms with Crippen molar-refractivity contribution < 1.29 is 19.4 Å². The van der Waals surface area contributed by atoms with Crippen LogP contribution in [-0.4, -0.2) is 17.7 Å². The van der Waals surface area contributed by atoms with Gasteiger partial charge in [-0.25, -0.2) is 4.79 Å². The fourth-order valence-corrected chi connectivity index (χ4v) is 2.38. The second-order valence-corrected chi connectivity index (χ2v) is 6.42. The average Bonchev–Trinajstić information content (AvgIpc) is 2.52. The third-order valence-electron chi connectivity index (χ3n) is 3.07. The lowest BCUT2D eigenvalue weighted by molar-refractivity contribution is 0.0691. The molecule has 0 bridgehead atoms. The number of ether oxygens (including phenoxy) is 2. The van der Waals surface area contributed by atoms with Gasteiger partial charge in [0.1, 0.15) is 23.7 Å². The molecule has 5 heteroatoms. The lowest BCUT2D eigenvalue weighted by atomic mass is 10.2. The largest absolute Gasteiger partial charge is 0.492 e. The van der Waals surface area contributed by atoms with E-state index in [4.69, 9.17) is 9.47 Å². The highest BCUT2D eigenvalue weighted by atomic mass is 79.9. The zero-order chi connectivity index (χ0) is 16.8. The molecule has 0 radical (unpaired) electrons. The first-order valence-electron chi connectivity index (χ1n) is 7.33. The molecule has 4 nitrogen and oxygen atoms in total. The van der Waals surface area contributed by atoms with Crippen molar-refractivity contribution in [2.45, 2.75) is 20.5 Å². The minimum Gasteiger partial charge on any atom is -0.492 e. The number of hydrogen-bond acceptors (Lipinski definition) is 3. The van der Waals surface area contributed by atoms with Gasteiger partial charge in [-0.1, -0.05) is 44.2 Å². The summed E-state index contributed by atoms with van der Waals surface area (Å²) in [6, 6.07) is 12.9. The Bertz CT molecular complexity index is 668. The first kappa shape index (κ1) is 17.3. The molecule has 0 spiro atoms. The molecule has 0 aliphatic carbocycles. The topological polar surface area (TPSA) is 55.8 Å². The molecule has 23 heavy (non-hydrogen) atoms. The first-order valence-corrected chi connectivity index (χ1v) is 8.13. The third-order valence-corrected chi connectivity index (χ3v) is 3.69. The number of benzene rings is 2. The highest BCUT2D eigenvalue weighted by Gasteiger charge is 2.16. The van der Waals surface area contributed by atoms with Crippen LogP contribution in [0.5, 0.6) is 11.5 Å². The number of halogens is 1. The van der Waals surface area contributed by atoms with E-state index in [2.05, 4.69) is 15.9 Å². The molecule has 0 aliphatic rings. The summed E-state index contributed by atoms with van der Waals surface area (Å²) in [5.41, 5.74) is 1.15. The van der Waals surface area contributed by atoms with E-state index in [1.807, 2.05) is 44.2 Å². The Labute approximate surface area is 144 Å². The molecule has 0 saturated carbocycles. The first-order chi connectivity index (χ1) is 11.0. The van der Waals surface area contributed by atoms with Crippen LogP contribution in [0.2, 0.25) is 0 Å². The minimum absolute atomic E-state index is 0.115. The summed E-state index contributed by atoms with van der Waals surface area (Å²) in [4.78, 5) is 11.4. The van der Waals surface area contributed by atoms with Gasteiger partial charge < -0.3 is 14.6 Å². The Kier molecular flexibility index (Phi) is 6.04. The van der Waals surface area contributed by atoms with Crippen molar-refractivity contribution in [3.05, 3.63) is 58.1 Å². The molecule has 122 valence electrons. The number of carbonyl (C=O) groups is 1. The van der Waals surface area contributed by atoms with Crippen molar-refractivity contribution in [2.75, 3.05) is 6.61 Å². The zero-order valence-corrected chi connectivity index (χ0v) is 14.7. The fraction of sp³-hybridized carbons (Fsp3) is 0.278. The van der Waals surface area contributed by atoms with Gasteiger partial charge >= 0.3 is 5.97 Å². The molecule has 2 rings (SSSR count). The molecule has 0 atom stereocenters. The van der Waals surface area contributed by atoms with Crippen LogP contribution in [0.1, 0.15) is 29.8 Å². The van der Waals surface area contributed by atoms with E-state index in [1.165, 1.54) is 6.07 Å². The van der Waals surface area contributed by atoms with Crippen LogP contribution in [-0.2, 0) is 6.61 Å². The van der Waals surface area contributed by atoms with Gasteiger partial charge in [-0.3, -0.25) is 0 Å². The lowest BCUT2D eigenvalue weighted by Crippen LogP contribution is -2.09. The fourth-order valence-electron chi connectivity index (χ4n) is 1.92. The summed E-state index contributed by atoms with van der Waals surface area (Å²) < 4.78 is 12.0. The van der Waals surface area contributed by atoms with Crippen LogP contribution >= 0.6 is 15.9 Å².